The number of amides is 2. The fourth-order valence-corrected chi connectivity index (χ4v) is 2.18. The van der Waals surface area contributed by atoms with Gasteiger partial charge in [-0.15, -0.1) is 0 Å². The van der Waals surface area contributed by atoms with Crippen LogP contribution < -0.4 is 15.5 Å². The van der Waals surface area contributed by atoms with Gasteiger partial charge < -0.3 is 15.4 Å². The first-order valence-corrected chi connectivity index (χ1v) is 6.65. The lowest BCUT2D eigenvalue weighted by molar-refractivity contribution is 0.184. The van der Waals surface area contributed by atoms with E-state index in [-0.39, 0.29) is 12.1 Å². The van der Waals surface area contributed by atoms with Gasteiger partial charge in [-0.25, -0.2) is 4.79 Å². The zero-order valence-electron chi connectivity index (χ0n) is 11.5. The van der Waals surface area contributed by atoms with E-state index in [0.29, 0.717) is 13.2 Å². The number of hydrogen-bond acceptors (Lipinski definition) is 3. The summed E-state index contributed by atoms with van der Waals surface area (Å²) >= 11 is 0. The van der Waals surface area contributed by atoms with Gasteiger partial charge in [0.15, 0.2) is 0 Å². The molecule has 2 amide bonds. The maximum absolute atomic E-state index is 11.6. The lowest BCUT2D eigenvalue weighted by atomic mass is 10.2. The normalized spacial score (nSPS) is 16.3. The van der Waals surface area contributed by atoms with Crippen LogP contribution in [0.5, 0.6) is 0 Å². The molecule has 104 valence electrons. The molecular formula is C14H21N3O2. The van der Waals surface area contributed by atoms with Gasteiger partial charge in [0.2, 0.25) is 0 Å². The van der Waals surface area contributed by atoms with Gasteiger partial charge in [-0.2, -0.15) is 0 Å². The number of nitrogens with one attached hydrogen (secondary N) is 2. The molecule has 1 aromatic carbocycles. The van der Waals surface area contributed by atoms with Gasteiger partial charge in [0, 0.05) is 37.6 Å². The van der Waals surface area contributed by atoms with Crippen LogP contribution in [0.25, 0.3) is 0 Å². The second-order valence-electron chi connectivity index (χ2n) is 4.64. The molecule has 1 aromatic rings. The minimum Gasteiger partial charge on any atom is -0.383 e. The Labute approximate surface area is 113 Å². The lowest BCUT2D eigenvalue weighted by Gasteiger charge is -2.20. The van der Waals surface area contributed by atoms with Crippen molar-refractivity contribution >= 4 is 17.4 Å². The summed E-state index contributed by atoms with van der Waals surface area (Å²) in [5, 5.41) is 6.23. The molecule has 1 saturated heterocycles. The smallest absolute Gasteiger partial charge is 0.321 e. The fourth-order valence-electron chi connectivity index (χ4n) is 2.18. The number of hydrogen-bond donors (Lipinski definition) is 2. The Morgan fingerprint density at radius 2 is 2.37 bits per heavy atom. The SMILES string of the molecule is CCC(COC)Nc1cccc(N2CCNC2=O)c1. The van der Waals surface area contributed by atoms with Crippen molar-refractivity contribution in [2.24, 2.45) is 0 Å². The van der Waals surface area contributed by atoms with Crippen LogP contribution in [0.1, 0.15) is 13.3 Å². The topological polar surface area (TPSA) is 53.6 Å². The number of ether oxygens (including phenoxy) is 1. The molecule has 1 fully saturated rings. The molecule has 0 bridgehead atoms. The molecule has 0 aromatic heterocycles. The molecule has 0 spiro atoms. The summed E-state index contributed by atoms with van der Waals surface area (Å²) in [5.41, 5.74) is 1.94. The molecule has 1 aliphatic rings. The number of nitrogens with zero attached hydrogens (tertiary/aromatic N) is 1. The Hall–Kier alpha value is -1.75. The van der Waals surface area contributed by atoms with E-state index in [2.05, 4.69) is 17.6 Å². The highest BCUT2D eigenvalue weighted by Gasteiger charge is 2.21. The molecule has 1 aliphatic heterocycles. The quantitative estimate of drug-likeness (QED) is 0.826. The van der Waals surface area contributed by atoms with Crippen LogP contribution in [0.3, 0.4) is 0 Å². The number of benzene rings is 1. The van der Waals surface area contributed by atoms with Gasteiger partial charge in [0.1, 0.15) is 0 Å². The number of rotatable bonds is 6. The summed E-state index contributed by atoms with van der Waals surface area (Å²) < 4.78 is 5.18. The zero-order chi connectivity index (χ0) is 13.7. The monoisotopic (exact) mass is 263 g/mol. The highest BCUT2D eigenvalue weighted by Crippen LogP contribution is 2.21. The van der Waals surface area contributed by atoms with Crippen molar-refractivity contribution in [3.8, 4) is 0 Å². The van der Waals surface area contributed by atoms with E-state index in [4.69, 9.17) is 4.74 Å². The van der Waals surface area contributed by atoms with E-state index in [1.54, 1.807) is 12.0 Å². The predicted molar refractivity (Wildman–Crippen MR) is 76.8 cm³/mol. The Morgan fingerprint density at radius 1 is 1.53 bits per heavy atom. The summed E-state index contributed by atoms with van der Waals surface area (Å²) in [7, 11) is 1.70. The maximum Gasteiger partial charge on any atom is 0.321 e. The zero-order valence-corrected chi connectivity index (χ0v) is 11.5. The minimum atomic E-state index is -0.0268. The van der Waals surface area contributed by atoms with E-state index in [1.165, 1.54) is 0 Å². The van der Waals surface area contributed by atoms with Crippen molar-refractivity contribution in [2.75, 3.05) is 37.0 Å². The average molecular weight is 263 g/mol. The summed E-state index contributed by atoms with van der Waals surface area (Å²) in [6, 6.07) is 8.18. The first kappa shape index (κ1) is 13.7. The summed E-state index contributed by atoms with van der Waals surface area (Å²) in [4.78, 5) is 13.4. The number of urea groups is 1. The van der Waals surface area contributed by atoms with Crippen LogP contribution in [-0.2, 0) is 4.74 Å². The second kappa shape index (κ2) is 6.43. The minimum absolute atomic E-state index is 0.0268. The van der Waals surface area contributed by atoms with Crippen molar-refractivity contribution in [1.29, 1.82) is 0 Å². The highest BCUT2D eigenvalue weighted by molar-refractivity contribution is 5.94. The van der Waals surface area contributed by atoms with Crippen molar-refractivity contribution in [3.05, 3.63) is 24.3 Å². The fraction of sp³-hybridized carbons (Fsp3) is 0.500. The molecule has 2 rings (SSSR count). The van der Waals surface area contributed by atoms with Crippen LogP contribution in [0.2, 0.25) is 0 Å². The summed E-state index contributed by atoms with van der Waals surface area (Å²) in [5.74, 6) is 0. The summed E-state index contributed by atoms with van der Waals surface area (Å²) in [6.45, 7) is 4.22. The van der Waals surface area contributed by atoms with Crippen LogP contribution in [-0.4, -0.2) is 38.9 Å². The second-order valence-corrected chi connectivity index (χ2v) is 4.64. The molecule has 1 atom stereocenters. The van der Waals surface area contributed by atoms with Crippen LogP contribution in [0.15, 0.2) is 24.3 Å². The van der Waals surface area contributed by atoms with Crippen molar-refractivity contribution in [2.45, 2.75) is 19.4 Å². The molecule has 5 heteroatoms. The van der Waals surface area contributed by atoms with E-state index < -0.39 is 0 Å². The molecule has 0 aliphatic carbocycles. The number of carbonyl (C=O) groups is 1. The van der Waals surface area contributed by atoms with Crippen LogP contribution in [0.4, 0.5) is 16.2 Å². The largest absolute Gasteiger partial charge is 0.383 e. The standard InChI is InChI=1S/C14H21N3O2/c1-3-11(10-19-2)16-12-5-4-6-13(9-12)17-8-7-15-14(17)18/h4-6,9,11,16H,3,7-8,10H2,1-2H3,(H,15,18). The lowest BCUT2D eigenvalue weighted by Crippen LogP contribution is -2.28. The van der Waals surface area contributed by atoms with Gasteiger partial charge >= 0.3 is 6.03 Å². The molecule has 0 radical (unpaired) electrons. The molecule has 19 heavy (non-hydrogen) atoms. The van der Waals surface area contributed by atoms with Gasteiger partial charge in [0.25, 0.3) is 0 Å². The van der Waals surface area contributed by atoms with Crippen LogP contribution >= 0.6 is 0 Å². The van der Waals surface area contributed by atoms with Crippen molar-refractivity contribution in [1.82, 2.24) is 5.32 Å². The van der Waals surface area contributed by atoms with E-state index in [9.17, 15) is 4.79 Å². The number of carbonyl (C=O) groups excluding carboxylic acids is 1. The molecule has 5 nitrogen and oxygen atoms in total. The number of anilines is 2. The molecule has 1 heterocycles. The van der Waals surface area contributed by atoms with Crippen molar-refractivity contribution < 1.29 is 9.53 Å². The first-order valence-electron chi connectivity index (χ1n) is 6.65. The third-order valence-electron chi connectivity index (χ3n) is 3.25. The van der Waals surface area contributed by atoms with Gasteiger partial charge in [-0.1, -0.05) is 13.0 Å². The average Bonchev–Trinajstić information content (AvgIpc) is 2.85. The Balaban J connectivity index is 2.08. The third kappa shape index (κ3) is 3.38. The Kier molecular flexibility index (Phi) is 4.63. The van der Waals surface area contributed by atoms with Crippen molar-refractivity contribution in [3.63, 3.8) is 0 Å². The maximum atomic E-state index is 11.6. The Morgan fingerprint density at radius 3 is 3.00 bits per heavy atom. The summed E-state index contributed by atoms with van der Waals surface area (Å²) in [6.07, 6.45) is 0.988. The van der Waals surface area contributed by atoms with E-state index in [0.717, 1.165) is 24.3 Å². The van der Waals surface area contributed by atoms with Gasteiger partial charge in [-0.05, 0) is 24.6 Å². The van der Waals surface area contributed by atoms with E-state index >= 15 is 0 Å². The van der Waals surface area contributed by atoms with E-state index in [1.807, 2.05) is 24.3 Å². The molecular weight excluding hydrogens is 242 g/mol. The first-order chi connectivity index (χ1) is 9.24. The Bertz CT molecular complexity index is 436. The third-order valence-corrected chi connectivity index (χ3v) is 3.25. The molecule has 0 saturated carbocycles. The van der Waals surface area contributed by atoms with Gasteiger partial charge in [0.05, 0.1) is 6.61 Å². The molecule has 1 unspecified atom stereocenters. The van der Waals surface area contributed by atoms with Gasteiger partial charge in [-0.3, -0.25) is 4.90 Å². The molecule has 2 N–H and O–H groups in total. The predicted octanol–water partition coefficient (Wildman–Crippen LogP) is 2.05. The number of methoxy groups -OCH3 is 1. The highest BCUT2D eigenvalue weighted by atomic mass is 16.5. The van der Waals surface area contributed by atoms with Crippen LogP contribution in [0, 0.1) is 0 Å².